The number of amides is 2. The molecule has 0 saturated heterocycles. The second-order valence-electron chi connectivity index (χ2n) is 9.83. The van der Waals surface area contributed by atoms with Crippen molar-refractivity contribution in [3.63, 3.8) is 0 Å². The number of hydrogen-bond donors (Lipinski definition) is 1. The number of hydrogen-bond acceptors (Lipinski definition) is 4. The van der Waals surface area contributed by atoms with Crippen LogP contribution >= 0.6 is 15.9 Å². The maximum atomic E-state index is 13.7. The molecule has 0 bridgehead atoms. The van der Waals surface area contributed by atoms with E-state index in [4.69, 9.17) is 0 Å². The zero-order valence-corrected chi connectivity index (χ0v) is 23.6. The van der Waals surface area contributed by atoms with Gasteiger partial charge in [-0.1, -0.05) is 64.5 Å². The SMILES string of the molecule is C[C@H](C(=O)NC(C)(C)C)N(Cc1ccc(Br)cc1)C(=O)CN(c1cccc2ccccc12)S(C)(=O)=O. The molecule has 0 unspecified atom stereocenters. The molecule has 0 heterocycles. The molecule has 0 aromatic heterocycles. The first-order valence-corrected chi connectivity index (χ1v) is 14.2. The molecule has 2 amide bonds. The van der Waals surface area contributed by atoms with Gasteiger partial charge in [0.1, 0.15) is 12.6 Å². The highest BCUT2D eigenvalue weighted by Gasteiger charge is 2.31. The normalized spacial score (nSPS) is 12.7. The van der Waals surface area contributed by atoms with E-state index in [2.05, 4.69) is 21.2 Å². The van der Waals surface area contributed by atoms with E-state index >= 15 is 0 Å². The van der Waals surface area contributed by atoms with Gasteiger partial charge in [0.05, 0.1) is 11.9 Å². The summed E-state index contributed by atoms with van der Waals surface area (Å²) in [6.45, 7) is 6.97. The highest BCUT2D eigenvalue weighted by Crippen LogP contribution is 2.28. The van der Waals surface area contributed by atoms with Crippen LogP contribution in [0.4, 0.5) is 5.69 Å². The molecule has 9 heteroatoms. The second kappa shape index (κ2) is 11.0. The summed E-state index contributed by atoms with van der Waals surface area (Å²) in [6.07, 6.45) is 1.08. The van der Waals surface area contributed by atoms with Gasteiger partial charge in [-0.25, -0.2) is 8.42 Å². The molecular formula is C27H32BrN3O4S. The number of fused-ring (bicyclic) bond motifs is 1. The number of nitrogens with one attached hydrogen (secondary N) is 1. The minimum atomic E-state index is -3.81. The molecule has 36 heavy (non-hydrogen) atoms. The highest BCUT2D eigenvalue weighted by molar-refractivity contribution is 9.10. The molecule has 0 aliphatic carbocycles. The summed E-state index contributed by atoms with van der Waals surface area (Å²) in [5.74, 6) is -0.795. The van der Waals surface area contributed by atoms with Crippen molar-refractivity contribution in [2.45, 2.75) is 45.8 Å². The Kier molecular flexibility index (Phi) is 8.46. The van der Waals surface area contributed by atoms with E-state index in [1.54, 1.807) is 19.1 Å². The number of halogens is 1. The Morgan fingerprint density at radius 1 is 0.972 bits per heavy atom. The zero-order chi connectivity index (χ0) is 26.7. The molecule has 192 valence electrons. The van der Waals surface area contributed by atoms with E-state index < -0.39 is 34.1 Å². The Hall–Kier alpha value is -2.91. The van der Waals surface area contributed by atoms with Crippen molar-refractivity contribution in [2.24, 2.45) is 0 Å². The van der Waals surface area contributed by atoms with Crippen molar-refractivity contribution in [3.05, 3.63) is 76.8 Å². The van der Waals surface area contributed by atoms with E-state index in [0.29, 0.717) is 5.69 Å². The molecule has 0 saturated carbocycles. The molecule has 1 atom stereocenters. The second-order valence-corrected chi connectivity index (χ2v) is 12.7. The minimum Gasteiger partial charge on any atom is -0.350 e. The number of rotatable bonds is 8. The number of benzene rings is 3. The molecular weight excluding hydrogens is 542 g/mol. The van der Waals surface area contributed by atoms with Crippen molar-refractivity contribution in [1.82, 2.24) is 10.2 Å². The quantitative estimate of drug-likeness (QED) is 0.423. The third-order valence-electron chi connectivity index (χ3n) is 5.65. The van der Waals surface area contributed by atoms with Gasteiger partial charge in [0, 0.05) is 21.9 Å². The molecule has 3 aromatic rings. The highest BCUT2D eigenvalue weighted by atomic mass is 79.9. The van der Waals surface area contributed by atoms with E-state index in [0.717, 1.165) is 31.4 Å². The summed E-state index contributed by atoms with van der Waals surface area (Å²) in [5.41, 5.74) is 0.747. The first-order chi connectivity index (χ1) is 16.8. The summed E-state index contributed by atoms with van der Waals surface area (Å²) < 4.78 is 27.8. The third-order valence-corrected chi connectivity index (χ3v) is 7.30. The van der Waals surface area contributed by atoms with Gasteiger partial charge in [-0.2, -0.15) is 0 Å². The molecule has 3 rings (SSSR count). The number of anilines is 1. The van der Waals surface area contributed by atoms with Crippen LogP contribution in [0.3, 0.4) is 0 Å². The molecule has 0 spiro atoms. The minimum absolute atomic E-state index is 0.151. The van der Waals surface area contributed by atoms with Gasteiger partial charge in [-0.05, 0) is 56.8 Å². The van der Waals surface area contributed by atoms with Gasteiger partial charge in [0.2, 0.25) is 21.8 Å². The smallest absolute Gasteiger partial charge is 0.244 e. The van der Waals surface area contributed by atoms with Crippen LogP contribution in [0.15, 0.2) is 71.2 Å². The fourth-order valence-electron chi connectivity index (χ4n) is 3.86. The van der Waals surface area contributed by atoms with Crippen LogP contribution < -0.4 is 9.62 Å². The molecule has 7 nitrogen and oxygen atoms in total. The van der Waals surface area contributed by atoms with Gasteiger partial charge >= 0.3 is 0 Å². The van der Waals surface area contributed by atoms with Crippen LogP contribution in [0.25, 0.3) is 10.8 Å². The lowest BCUT2D eigenvalue weighted by Crippen LogP contribution is -2.54. The van der Waals surface area contributed by atoms with E-state index in [1.165, 1.54) is 4.90 Å². The van der Waals surface area contributed by atoms with Crippen LogP contribution in [-0.4, -0.2) is 49.5 Å². The Balaban J connectivity index is 1.99. The van der Waals surface area contributed by atoms with Crippen molar-refractivity contribution in [2.75, 3.05) is 17.1 Å². The molecule has 0 aliphatic heterocycles. The summed E-state index contributed by atoms with van der Waals surface area (Å²) in [4.78, 5) is 28.2. The van der Waals surface area contributed by atoms with Gasteiger partial charge < -0.3 is 10.2 Å². The third kappa shape index (κ3) is 7.07. The van der Waals surface area contributed by atoms with E-state index in [9.17, 15) is 18.0 Å². The Labute approximate surface area is 221 Å². The lowest BCUT2D eigenvalue weighted by atomic mass is 10.1. The average molecular weight is 575 g/mol. The van der Waals surface area contributed by atoms with Gasteiger partial charge in [0.15, 0.2) is 0 Å². The van der Waals surface area contributed by atoms with Gasteiger partial charge in [-0.15, -0.1) is 0 Å². The summed E-state index contributed by atoms with van der Waals surface area (Å²) in [6, 6.07) is 19.4. The van der Waals surface area contributed by atoms with E-state index in [1.807, 2.05) is 75.4 Å². The standard InChI is InChI=1S/C27H32BrN3O4S/c1-19(26(33)29-27(2,3)4)30(17-20-13-15-22(28)16-14-20)25(32)18-31(36(5,34)35)24-12-8-10-21-9-6-7-11-23(21)24/h6-16,19H,17-18H2,1-5H3,(H,29,33)/t19-/m1/s1. The molecule has 1 N–H and O–H groups in total. The van der Waals surface area contributed by atoms with Crippen molar-refractivity contribution < 1.29 is 18.0 Å². The fraction of sp³-hybridized carbons (Fsp3) is 0.333. The monoisotopic (exact) mass is 573 g/mol. The molecule has 0 radical (unpaired) electrons. The predicted octanol–water partition coefficient (Wildman–Crippen LogP) is 4.70. The summed E-state index contributed by atoms with van der Waals surface area (Å²) in [7, 11) is -3.81. The van der Waals surface area contributed by atoms with Crippen molar-refractivity contribution in [1.29, 1.82) is 0 Å². The largest absolute Gasteiger partial charge is 0.350 e. The summed E-state index contributed by atoms with van der Waals surface area (Å²) in [5, 5.41) is 4.50. The summed E-state index contributed by atoms with van der Waals surface area (Å²) >= 11 is 3.41. The van der Waals surface area contributed by atoms with Crippen LogP contribution in [0, 0.1) is 0 Å². The van der Waals surface area contributed by atoms with Crippen LogP contribution in [0.2, 0.25) is 0 Å². The first-order valence-electron chi connectivity index (χ1n) is 11.6. The number of carbonyl (C=O) groups excluding carboxylic acids is 2. The predicted molar refractivity (Wildman–Crippen MR) is 148 cm³/mol. The van der Waals surface area contributed by atoms with Crippen molar-refractivity contribution >= 4 is 54.2 Å². The Morgan fingerprint density at radius 2 is 1.58 bits per heavy atom. The fourth-order valence-corrected chi connectivity index (χ4v) is 4.99. The maximum Gasteiger partial charge on any atom is 0.244 e. The maximum absolute atomic E-state index is 13.7. The Morgan fingerprint density at radius 3 is 2.19 bits per heavy atom. The molecule has 0 fully saturated rings. The van der Waals surface area contributed by atoms with Crippen LogP contribution in [0.5, 0.6) is 0 Å². The lowest BCUT2D eigenvalue weighted by Gasteiger charge is -2.33. The number of sulfonamides is 1. The Bertz CT molecular complexity index is 1350. The van der Waals surface area contributed by atoms with Gasteiger partial charge in [-0.3, -0.25) is 13.9 Å². The lowest BCUT2D eigenvalue weighted by molar-refractivity contribution is -0.140. The zero-order valence-electron chi connectivity index (χ0n) is 21.2. The topological polar surface area (TPSA) is 86.8 Å². The van der Waals surface area contributed by atoms with Gasteiger partial charge in [0.25, 0.3) is 0 Å². The van der Waals surface area contributed by atoms with E-state index in [-0.39, 0.29) is 12.5 Å². The number of carbonyl (C=O) groups is 2. The van der Waals surface area contributed by atoms with Crippen LogP contribution in [0.1, 0.15) is 33.3 Å². The first kappa shape index (κ1) is 27.7. The van der Waals surface area contributed by atoms with Crippen LogP contribution in [-0.2, 0) is 26.2 Å². The number of nitrogens with zero attached hydrogens (tertiary/aromatic N) is 2. The molecule has 0 aliphatic rings. The van der Waals surface area contributed by atoms with Crippen molar-refractivity contribution in [3.8, 4) is 0 Å². The molecule has 3 aromatic carbocycles. The average Bonchev–Trinajstić information content (AvgIpc) is 2.79.